The summed E-state index contributed by atoms with van der Waals surface area (Å²) in [6.45, 7) is 2.44. The molecule has 1 amide bonds. The smallest absolute Gasteiger partial charge is 0.267 e. The van der Waals surface area contributed by atoms with E-state index in [9.17, 15) is 4.79 Å². The van der Waals surface area contributed by atoms with Crippen molar-refractivity contribution in [1.29, 1.82) is 0 Å². The van der Waals surface area contributed by atoms with E-state index in [1.807, 2.05) is 6.07 Å². The molecular weight excluding hydrogens is 374 g/mol. The molecule has 0 radical (unpaired) electrons. The van der Waals surface area contributed by atoms with Crippen LogP contribution in [-0.4, -0.2) is 52.2 Å². The van der Waals surface area contributed by atoms with Gasteiger partial charge in [-0.15, -0.1) is 11.3 Å². The molecule has 3 aliphatic heterocycles. The summed E-state index contributed by atoms with van der Waals surface area (Å²) >= 11 is 1.65. The number of fused-ring (bicyclic) bond motifs is 2. The zero-order valence-electron chi connectivity index (χ0n) is 15.3. The third-order valence-corrected chi connectivity index (χ3v) is 7.49. The fourth-order valence-electron chi connectivity index (χ4n) is 5.43. The Morgan fingerprint density at radius 3 is 3.29 bits per heavy atom. The van der Waals surface area contributed by atoms with Crippen LogP contribution in [0.1, 0.15) is 23.3 Å². The molecule has 7 nitrogen and oxygen atoms in total. The number of ether oxygens (including phenoxy) is 1. The number of nitrogens with zero attached hydrogens (tertiary/aromatic N) is 3. The van der Waals surface area contributed by atoms with Gasteiger partial charge in [0.05, 0.1) is 17.1 Å². The van der Waals surface area contributed by atoms with E-state index >= 15 is 0 Å². The number of carbonyl (C=O) groups is 1. The molecule has 1 spiro atoms. The Labute approximate surface area is 166 Å². The summed E-state index contributed by atoms with van der Waals surface area (Å²) in [5.74, 6) is 1.72. The normalized spacial score (nSPS) is 30.9. The summed E-state index contributed by atoms with van der Waals surface area (Å²) in [6.07, 6.45) is 5.85. The van der Waals surface area contributed by atoms with Crippen molar-refractivity contribution in [3.63, 3.8) is 0 Å². The van der Waals surface area contributed by atoms with Crippen LogP contribution in [0, 0.1) is 11.8 Å². The molecule has 2 N–H and O–H groups in total. The molecule has 8 heteroatoms. The predicted molar refractivity (Wildman–Crippen MR) is 107 cm³/mol. The Bertz CT molecular complexity index is 1030. The van der Waals surface area contributed by atoms with Gasteiger partial charge in [-0.05, 0) is 36.4 Å². The number of amides is 1. The Hall–Kier alpha value is -2.45. The molecule has 3 aromatic heterocycles. The lowest BCUT2D eigenvalue weighted by Gasteiger charge is -2.29. The molecule has 6 heterocycles. The van der Waals surface area contributed by atoms with Gasteiger partial charge in [0.1, 0.15) is 22.7 Å². The van der Waals surface area contributed by atoms with Gasteiger partial charge in [-0.2, -0.15) is 0 Å². The van der Waals surface area contributed by atoms with Crippen molar-refractivity contribution in [1.82, 2.24) is 20.3 Å². The van der Waals surface area contributed by atoms with Crippen LogP contribution in [-0.2, 0) is 4.74 Å². The van der Waals surface area contributed by atoms with Gasteiger partial charge in [0.25, 0.3) is 5.91 Å². The second-order valence-corrected chi connectivity index (χ2v) is 8.94. The third kappa shape index (κ3) is 2.34. The first-order valence-corrected chi connectivity index (χ1v) is 10.6. The fraction of sp³-hybridized carbons (Fsp3) is 0.450. The number of hydrogen-bond donors (Lipinski definition) is 2. The first kappa shape index (κ1) is 16.5. The lowest BCUT2D eigenvalue weighted by atomic mass is 9.73. The van der Waals surface area contributed by atoms with Crippen molar-refractivity contribution in [3.8, 4) is 0 Å². The van der Waals surface area contributed by atoms with Crippen LogP contribution in [0.15, 0.2) is 36.1 Å². The zero-order chi connectivity index (χ0) is 18.7. The maximum atomic E-state index is 12.4. The summed E-state index contributed by atoms with van der Waals surface area (Å²) in [5, 5.41) is 6.30. The van der Waals surface area contributed by atoms with Crippen molar-refractivity contribution in [2.75, 3.05) is 24.5 Å². The largest absolute Gasteiger partial charge is 0.369 e. The summed E-state index contributed by atoms with van der Waals surface area (Å²) in [4.78, 5) is 27.7. The van der Waals surface area contributed by atoms with Gasteiger partial charge in [-0.1, -0.05) is 0 Å². The van der Waals surface area contributed by atoms with Gasteiger partial charge in [-0.25, -0.2) is 9.97 Å². The number of thiophene rings is 1. The molecule has 0 unspecified atom stereocenters. The van der Waals surface area contributed by atoms with Crippen LogP contribution in [0.4, 0.5) is 5.82 Å². The lowest BCUT2D eigenvalue weighted by Crippen LogP contribution is -2.42. The second kappa shape index (κ2) is 6.02. The minimum atomic E-state index is -0.0974. The van der Waals surface area contributed by atoms with Gasteiger partial charge in [0.15, 0.2) is 0 Å². The SMILES string of the molecule is O=C(NC[C@H]1[C@H]2CN(c3ncnc4sccc34)C[C@]23CC[C@H]1O3)c1ccc[nH]1. The molecule has 6 rings (SSSR count). The van der Waals surface area contributed by atoms with E-state index in [0.29, 0.717) is 24.1 Å². The number of anilines is 1. The highest BCUT2D eigenvalue weighted by Gasteiger charge is 2.63. The van der Waals surface area contributed by atoms with E-state index in [2.05, 4.69) is 36.6 Å². The number of H-pyrrole nitrogens is 1. The summed E-state index contributed by atoms with van der Waals surface area (Å²) in [5.41, 5.74) is 0.507. The van der Waals surface area contributed by atoms with Gasteiger partial charge in [-0.3, -0.25) is 4.79 Å². The Balaban J connectivity index is 1.23. The molecule has 3 aliphatic rings. The highest BCUT2D eigenvalue weighted by atomic mass is 32.1. The minimum absolute atomic E-state index is 0.0486. The first-order chi connectivity index (χ1) is 13.7. The molecule has 0 saturated carbocycles. The number of nitrogens with one attached hydrogen (secondary N) is 2. The summed E-state index contributed by atoms with van der Waals surface area (Å²) in [7, 11) is 0. The predicted octanol–water partition coefficient (Wildman–Crippen LogP) is 2.43. The average Bonchev–Trinajstić information content (AvgIpc) is 3.51. The zero-order valence-corrected chi connectivity index (χ0v) is 16.1. The topological polar surface area (TPSA) is 83.1 Å². The molecule has 28 heavy (non-hydrogen) atoms. The van der Waals surface area contributed by atoms with Crippen molar-refractivity contribution < 1.29 is 9.53 Å². The lowest BCUT2D eigenvalue weighted by molar-refractivity contribution is 0.0141. The summed E-state index contributed by atoms with van der Waals surface area (Å²) < 4.78 is 6.52. The Morgan fingerprint density at radius 2 is 2.39 bits per heavy atom. The third-order valence-electron chi connectivity index (χ3n) is 6.66. The van der Waals surface area contributed by atoms with E-state index in [4.69, 9.17) is 4.74 Å². The fourth-order valence-corrected chi connectivity index (χ4v) is 6.16. The molecule has 144 valence electrons. The Kier molecular flexibility index (Phi) is 3.55. The average molecular weight is 395 g/mol. The van der Waals surface area contributed by atoms with Crippen LogP contribution in [0.5, 0.6) is 0 Å². The van der Waals surface area contributed by atoms with Gasteiger partial charge < -0.3 is 19.9 Å². The Morgan fingerprint density at radius 1 is 1.43 bits per heavy atom. The second-order valence-electron chi connectivity index (χ2n) is 8.04. The molecule has 4 atom stereocenters. The monoisotopic (exact) mass is 395 g/mol. The van der Waals surface area contributed by atoms with E-state index in [0.717, 1.165) is 42.0 Å². The first-order valence-electron chi connectivity index (χ1n) is 9.76. The van der Waals surface area contributed by atoms with Crippen molar-refractivity contribution in [2.24, 2.45) is 11.8 Å². The van der Waals surface area contributed by atoms with Crippen LogP contribution in [0.2, 0.25) is 0 Å². The maximum absolute atomic E-state index is 12.4. The number of carbonyl (C=O) groups excluding carboxylic acids is 1. The van der Waals surface area contributed by atoms with E-state index in [-0.39, 0.29) is 17.6 Å². The van der Waals surface area contributed by atoms with Crippen LogP contribution in [0.3, 0.4) is 0 Å². The van der Waals surface area contributed by atoms with Crippen molar-refractivity contribution in [3.05, 3.63) is 41.8 Å². The number of aromatic amines is 1. The van der Waals surface area contributed by atoms with E-state index < -0.39 is 0 Å². The minimum Gasteiger partial charge on any atom is -0.369 e. The van der Waals surface area contributed by atoms with Crippen molar-refractivity contribution >= 4 is 33.3 Å². The summed E-state index contributed by atoms with van der Waals surface area (Å²) in [6, 6.07) is 5.74. The highest BCUT2D eigenvalue weighted by Crippen LogP contribution is 2.55. The van der Waals surface area contributed by atoms with Gasteiger partial charge in [0, 0.05) is 37.7 Å². The van der Waals surface area contributed by atoms with Crippen LogP contribution >= 0.6 is 11.3 Å². The molecule has 3 fully saturated rings. The number of aromatic nitrogens is 3. The maximum Gasteiger partial charge on any atom is 0.267 e. The molecule has 3 saturated heterocycles. The van der Waals surface area contributed by atoms with E-state index in [1.54, 1.807) is 29.9 Å². The van der Waals surface area contributed by atoms with Gasteiger partial charge in [0.2, 0.25) is 0 Å². The molecule has 3 aromatic rings. The molecule has 2 bridgehead atoms. The quantitative estimate of drug-likeness (QED) is 0.709. The van der Waals surface area contributed by atoms with Crippen molar-refractivity contribution in [2.45, 2.75) is 24.5 Å². The standard InChI is InChI=1S/C20H21N5O2S/c26-18(15-2-1-6-21-15)22-8-13-14-9-25(10-20(14)5-3-16(13)27-20)17-12-4-7-28-19(12)24-11-23-17/h1-2,4,6-7,11,13-14,16,21H,3,5,8-10H2,(H,22,26)/t13-,14+,16+,20+/m0/s1. The molecular formula is C20H21N5O2S. The van der Waals surface area contributed by atoms with E-state index in [1.165, 1.54) is 0 Å². The van der Waals surface area contributed by atoms with Crippen LogP contribution in [0.25, 0.3) is 10.2 Å². The highest BCUT2D eigenvalue weighted by molar-refractivity contribution is 7.16. The molecule has 0 aliphatic carbocycles. The van der Waals surface area contributed by atoms with Gasteiger partial charge >= 0.3 is 0 Å². The number of rotatable bonds is 4. The van der Waals surface area contributed by atoms with Crippen LogP contribution < -0.4 is 10.2 Å². The molecule has 0 aromatic carbocycles. The number of hydrogen-bond acceptors (Lipinski definition) is 6.